The van der Waals surface area contributed by atoms with Crippen molar-refractivity contribution in [3.05, 3.63) is 34.8 Å². The number of likely N-dealkylation sites (N-methyl/N-ethyl adjacent to an activating group) is 1. The Morgan fingerprint density at radius 3 is 2.88 bits per heavy atom. The lowest BCUT2D eigenvalue weighted by atomic mass is 10.1. The molecule has 0 spiro atoms. The summed E-state index contributed by atoms with van der Waals surface area (Å²) in [5, 5.41) is 3.52. The summed E-state index contributed by atoms with van der Waals surface area (Å²) in [6.45, 7) is 3.72. The van der Waals surface area contributed by atoms with Crippen LogP contribution in [0.5, 0.6) is 11.5 Å². The van der Waals surface area contributed by atoms with Crippen LogP contribution in [0.3, 0.4) is 0 Å². The highest BCUT2D eigenvalue weighted by Gasteiger charge is 2.34. The van der Waals surface area contributed by atoms with Crippen LogP contribution in [0, 0.1) is 0 Å². The van der Waals surface area contributed by atoms with E-state index in [0.717, 1.165) is 25.2 Å². The molecule has 24 heavy (non-hydrogen) atoms. The molecule has 2 aliphatic rings. The first-order valence-corrected chi connectivity index (χ1v) is 8.82. The Morgan fingerprint density at radius 1 is 1.33 bits per heavy atom. The van der Waals surface area contributed by atoms with E-state index in [-0.39, 0.29) is 12.0 Å². The van der Waals surface area contributed by atoms with E-state index in [9.17, 15) is 4.79 Å². The zero-order valence-electron chi connectivity index (χ0n) is 13.6. The second-order valence-corrected chi connectivity index (χ2v) is 7.26. The van der Waals surface area contributed by atoms with Crippen molar-refractivity contribution in [2.75, 3.05) is 18.9 Å². The predicted octanol–water partition coefficient (Wildman–Crippen LogP) is 2.30. The highest BCUT2D eigenvalue weighted by atomic mass is 32.1. The number of anilines is 1. The van der Waals surface area contributed by atoms with Gasteiger partial charge in [-0.3, -0.25) is 10.1 Å². The average Bonchev–Trinajstić information content (AvgIpc) is 2.95. The van der Waals surface area contributed by atoms with Crippen LogP contribution in [0.2, 0.25) is 0 Å². The lowest BCUT2D eigenvalue weighted by molar-refractivity contribution is -0.128. The summed E-state index contributed by atoms with van der Waals surface area (Å²) in [4.78, 5) is 20.6. The summed E-state index contributed by atoms with van der Waals surface area (Å²) < 4.78 is 11.6. The quantitative estimate of drug-likeness (QED) is 0.905. The van der Waals surface area contributed by atoms with E-state index in [1.54, 1.807) is 6.07 Å². The van der Waals surface area contributed by atoms with Gasteiger partial charge in [-0.05, 0) is 26.1 Å². The van der Waals surface area contributed by atoms with Gasteiger partial charge in [-0.25, -0.2) is 4.98 Å². The lowest BCUT2D eigenvalue weighted by Crippen LogP contribution is -2.46. The SMILES string of the molecule is C[C@H]1Oc2ccccc2O[C@H]1C(=O)Nc1nc2c(s1)CN(C)CC2. The van der Waals surface area contributed by atoms with Crippen molar-refractivity contribution in [1.29, 1.82) is 0 Å². The van der Waals surface area contributed by atoms with Crippen LogP contribution in [-0.2, 0) is 17.8 Å². The molecular weight excluding hydrogens is 326 g/mol. The van der Waals surface area contributed by atoms with Gasteiger partial charge in [0, 0.05) is 24.4 Å². The summed E-state index contributed by atoms with van der Waals surface area (Å²) in [5.41, 5.74) is 1.09. The number of amides is 1. The van der Waals surface area contributed by atoms with Crippen LogP contribution in [0.25, 0.3) is 0 Å². The predicted molar refractivity (Wildman–Crippen MR) is 91.7 cm³/mol. The van der Waals surface area contributed by atoms with E-state index in [4.69, 9.17) is 9.47 Å². The topological polar surface area (TPSA) is 63.7 Å². The van der Waals surface area contributed by atoms with Crippen molar-refractivity contribution >= 4 is 22.4 Å². The number of thiazole rings is 1. The first kappa shape index (κ1) is 15.4. The molecule has 0 saturated carbocycles. The van der Waals surface area contributed by atoms with Gasteiger partial charge in [0.2, 0.25) is 6.10 Å². The van der Waals surface area contributed by atoms with E-state index in [1.807, 2.05) is 25.1 Å². The normalized spacial score (nSPS) is 22.8. The van der Waals surface area contributed by atoms with Crippen LogP contribution in [0.15, 0.2) is 24.3 Å². The number of aromatic nitrogens is 1. The molecule has 1 N–H and O–H groups in total. The van der Waals surface area contributed by atoms with Gasteiger partial charge in [0.15, 0.2) is 16.6 Å². The van der Waals surface area contributed by atoms with Gasteiger partial charge < -0.3 is 14.4 Å². The molecule has 0 saturated heterocycles. The van der Waals surface area contributed by atoms with Crippen molar-refractivity contribution < 1.29 is 14.3 Å². The number of carbonyl (C=O) groups excluding carboxylic acids is 1. The fourth-order valence-corrected chi connectivity index (χ4v) is 4.05. The number of para-hydroxylation sites is 2. The maximum Gasteiger partial charge on any atom is 0.271 e. The fraction of sp³-hybridized carbons (Fsp3) is 0.412. The van der Waals surface area contributed by atoms with Crippen LogP contribution < -0.4 is 14.8 Å². The van der Waals surface area contributed by atoms with Crippen LogP contribution in [0.1, 0.15) is 17.5 Å². The molecule has 1 aromatic heterocycles. The molecule has 6 nitrogen and oxygen atoms in total. The molecule has 0 aliphatic carbocycles. The molecule has 126 valence electrons. The number of fused-ring (bicyclic) bond motifs is 2. The van der Waals surface area contributed by atoms with Crippen LogP contribution in [-0.4, -0.2) is 41.6 Å². The second-order valence-electron chi connectivity index (χ2n) is 6.17. The molecule has 7 heteroatoms. The van der Waals surface area contributed by atoms with Crippen molar-refractivity contribution in [2.24, 2.45) is 0 Å². The minimum atomic E-state index is -0.691. The highest BCUT2D eigenvalue weighted by Crippen LogP contribution is 2.34. The minimum Gasteiger partial charge on any atom is -0.482 e. The van der Waals surface area contributed by atoms with Gasteiger partial charge in [0.25, 0.3) is 5.91 Å². The smallest absolute Gasteiger partial charge is 0.271 e. The van der Waals surface area contributed by atoms with Gasteiger partial charge in [-0.2, -0.15) is 0 Å². The monoisotopic (exact) mass is 345 g/mol. The number of benzene rings is 1. The molecule has 1 amide bonds. The second kappa shape index (κ2) is 6.07. The van der Waals surface area contributed by atoms with Crippen molar-refractivity contribution in [1.82, 2.24) is 9.88 Å². The lowest BCUT2D eigenvalue weighted by Gasteiger charge is -2.30. The zero-order chi connectivity index (χ0) is 16.7. The van der Waals surface area contributed by atoms with Gasteiger partial charge in [-0.15, -0.1) is 11.3 Å². The Labute approximate surface area is 144 Å². The zero-order valence-corrected chi connectivity index (χ0v) is 14.4. The highest BCUT2D eigenvalue weighted by molar-refractivity contribution is 7.15. The minimum absolute atomic E-state index is 0.226. The number of carbonyl (C=O) groups is 1. The van der Waals surface area contributed by atoms with E-state index < -0.39 is 6.10 Å². The molecule has 2 aromatic rings. The number of nitrogens with zero attached hydrogens (tertiary/aromatic N) is 2. The number of ether oxygens (including phenoxy) is 2. The summed E-state index contributed by atoms with van der Waals surface area (Å²) in [5.74, 6) is 1.04. The van der Waals surface area contributed by atoms with Crippen LogP contribution in [0.4, 0.5) is 5.13 Å². The third-order valence-corrected chi connectivity index (χ3v) is 5.25. The molecule has 2 atom stereocenters. The van der Waals surface area contributed by atoms with E-state index in [1.165, 1.54) is 16.2 Å². The number of hydrogen-bond acceptors (Lipinski definition) is 6. The molecule has 1 aromatic carbocycles. The molecule has 4 rings (SSSR count). The van der Waals surface area contributed by atoms with Crippen molar-refractivity contribution in [3.63, 3.8) is 0 Å². The molecule has 0 radical (unpaired) electrons. The molecule has 0 unspecified atom stereocenters. The molecular formula is C17H19N3O3S. The van der Waals surface area contributed by atoms with Gasteiger partial charge in [0.1, 0.15) is 6.10 Å². The van der Waals surface area contributed by atoms with Gasteiger partial charge in [0.05, 0.1) is 5.69 Å². The maximum atomic E-state index is 12.6. The molecule has 0 bridgehead atoms. The molecule has 2 aliphatic heterocycles. The summed E-state index contributed by atoms with van der Waals surface area (Å²) in [6, 6.07) is 7.38. The number of hydrogen-bond donors (Lipinski definition) is 1. The third kappa shape index (κ3) is 2.85. The van der Waals surface area contributed by atoms with E-state index in [2.05, 4.69) is 22.2 Å². The molecule has 0 fully saturated rings. The average molecular weight is 345 g/mol. The maximum absolute atomic E-state index is 12.6. The Hall–Kier alpha value is -2.12. The Morgan fingerprint density at radius 2 is 2.08 bits per heavy atom. The number of rotatable bonds is 2. The Balaban J connectivity index is 1.49. The van der Waals surface area contributed by atoms with E-state index in [0.29, 0.717) is 16.6 Å². The number of nitrogens with one attached hydrogen (secondary N) is 1. The largest absolute Gasteiger partial charge is 0.482 e. The summed E-state index contributed by atoms with van der Waals surface area (Å²) in [7, 11) is 2.09. The van der Waals surface area contributed by atoms with Crippen LogP contribution >= 0.6 is 11.3 Å². The Kier molecular flexibility index (Phi) is 3.90. The fourth-order valence-electron chi connectivity index (χ4n) is 2.96. The van der Waals surface area contributed by atoms with E-state index >= 15 is 0 Å². The third-order valence-electron chi connectivity index (χ3n) is 4.25. The summed E-state index contributed by atoms with van der Waals surface area (Å²) in [6.07, 6.45) is -0.130. The first-order valence-electron chi connectivity index (χ1n) is 8.00. The van der Waals surface area contributed by atoms with Gasteiger partial charge >= 0.3 is 0 Å². The standard InChI is InChI=1S/C17H19N3O3S/c1-10-15(23-13-6-4-3-5-12(13)22-10)16(21)19-17-18-11-7-8-20(2)9-14(11)24-17/h3-6,10,15H,7-9H2,1-2H3,(H,18,19,21)/t10-,15-/m1/s1. The Bertz CT molecular complexity index is 776. The van der Waals surface area contributed by atoms with Crippen molar-refractivity contribution in [2.45, 2.75) is 32.1 Å². The summed E-state index contributed by atoms with van der Waals surface area (Å²) >= 11 is 1.54. The molecule has 3 heterocycles. The van der Waals surface area contributed by atoms with Crippen molar-refractivity contribution in [3.8, 4) is 11.5 Å². The first-order chi connectivity index (χ1) is 11.6. The van der Waals surface area contributed by atoms with Gasteiger partial charge in [-0.1, -0.05) is 12.1 Å².